The van der Waals surface area contributed by atoms with Crippen molar-refractivity contribution < 1.29 is 19.4 Å². The summed E-state index contributed by atoms with van der Waals surface area (Å²) in [4.78, 5) is 33.4. The van der Waals surface area contributed by atoms with Gasteiger partial charge in [0.1, 0.15) is 11.4 Å². The minimum atomic E-state index is -0.341. The van der Waals surface area contributed by atoms with Crippen LogP contribution in [0.4, 0.5) is 0 Å². The highest BCUT2D eigenvalue weighted by Gasteiger charge is 2.25. The Morgan fingerprint density at radius 3 is 2.58 bits per heavy atom. The van der Waals surface area contributed by atoms with Crippen molar-refractivity contribution in [3.8, 4) is 5.75 Å². The molecule has 172 valence electrons. The summed E-state index contributed by atoms with van der Waals surface area (Å²) in [7, 11) is 1.61. The average Bonchev–Trinajstić information content (AvgIpc) is 3.26. The highest BCUT2D eigenvalue weighted by Crippen LogP contribution is 2.25. The standard InChI is InChI=1S/C25H28N4O4/c1-33-20-7-8-22-21(16-20)19(17-26-22)15-23(27-24(31)18-5-3-2-4-6-18)25(32)29-11-9-28(10-12-29)13-14-30/h2-8,15-17,26,30H,9-14H2,1H3,(H,27,31). The Hall–Kier alpha value is -3.62. The van der Waals surface area contributed by atoms with Gasteiger partial charge < -0.3 is 25.0 Å². The number of hydrogen-bond donors (Lipinski definition) is 3. The molecule has 0 bridgehead atoms. The summed E-state index contributed by atoms with van der Waals surface area (Å²) < 4.78 is 5.34. The minimum Gasteiger partial charge on any atom is -0.497 e. The van der Waals surface area contributed by atoms with Crippen molar-refractivity contribution in [1.29, 1.82) is 0 Å². The molecule has 2 heterocycles. The fourth-order valence-electron chi connectivity index (χ4n) is 3.94. The molecular formula is C25H28N4O4. The number of methoxy groups -OCH3 is 1. The summed E-state index contributed by atoms with van der Waals surface area (Å²) in [5.41, 5.74) is 2.37. The first-order chi connectivity index (χ1) is 16.1. The first kappa shape index (κ1) is 22.6. The lowest BCUT2D eigenvalue weighted by Crippen LogP contribution is -2.50. The van der Waals surface area contributed by atoms with Crippen LogP contribution in [0.3, 0.4) is 0 Å². The lowest BCUT2D eigenvalue weighted by atomic mass is 10.1. The Bertz CT molecular complexity index is 1150. The molecule has 0 saturated carbocycles. The summed E-state index contributed by atoms with van der Waals surface area (Å²) in [5.74, 6) is 0.129. The molecule has 3 aromatic rings. The highest BCUT2D eigenvalue weighted by atomic mass is 16.5. The van der Waals surface area contributed by atoms with Crippen LogP contribution >= 0.6 is 0 Å². The number of fused-ring (bicyclic) bond motifs is 1. The Morgan fingerprint density at radius 2 is 1.88 bits per heavy atom. The van der Waals surface area contributed by atoms with Crippen LogP contribution in [0.2, 0.25) is 0 Å². The molecule has 1 aliphatic heterocycles. The number of rotatable bonds is 7. The molecule has 33 heavy (non-hydrogen) atoms. The summed E-state index contributed by atoms with van der Waals surface area (Å²) in [6.45, 7) is 3.09. The van der Waals surface area contributed by atoms with Gasteiger partial charge in [0.15, 0.2) is 0 Å². The summed E-state index contributed by atoms with van der Waals surface area (Å²) in [6, 6.07) is 14.5. The smallest absolute Gasteiger partial charge is 0.270 e. The maximum absolute atomic E-state index is 13.5. The van der Waals surface area contributed by atoms with E-state index in [0.717, 1.165) is 16.5 Å². The molecule has 2 amide bonds. The van der Waals surface area contributed by atoms with Crippen LogP contribution in [-0.2, 0) is 4.79 Å². The number of amides is 2. The minimum absolute atomic E-state index is 0.0935. The predicted molar refractivity (Wildman–Crippen MR) is 127 cm³/mol. The third-order valence-corrected chi connectivity index (χ3v) is 5.81. The molecule has 1 saturated heterocycles. The van der Waals surface area contributed by atoms with E-state index < -0.39 is 0 Å². The van der Waals surface area contributed by atoms with Gasteiger partial charge >= 0.3 is 0 Å². The van der Waals surface area contributed by atoms with Crippen LogP contribution < -0.4 is 10.1 Å². The van der Waals surface area contributed by atoms with Crippen LogP contribution in [0, 0.1) is 0 Å². The van der Waals surface area contributed by atoms with E-state index in [1.165, 1.54) is 0 Å². The Morgan fingerprint density at radius 1 is 1.12 bits per heavy atom. The molecule has 3 N–H and O–H groups in total. The molecular weight excluding hydrogens is 420 g/mol. The van der Waals surface area contributed by atoms with Gasteiger partial charge in [0.25, 0.3) is 11.8 Å². The van der Waals surface area contributed by atoms with Crippen LogP contribution in [0.15, 0.2) is 60.4 Å². The van der Waals surface area contributed by atoms with Crippen molar-refractivity contribution in [3.05, 3.63) is 71.6 Å². The zero-order valence-electron chi connectivity index (χ0n) is 18.6. The number of carbonyl (C=O) groups is 2. The number of β-amino-alcohol motifs (C(OH)–C–C–N with tert-alkyl or cyclic N) is 1. The Balaban J connectivity index is 1.64. The molecule has 0 aliphatic carbocycles. The second-order valence-electron chi connectivity index (χ2n) is 7.89. The molecule has 2 aromatic carbocycles. The number of H-pyrrole nitrogens is 1. The van der Waals surface area contributed by atoms with Crippen LogP contribution in [0.25, 0.3) is 17.0 Å². The maximum Gasteiger partial charge on any atom is 0.270 e. The first-order valence-electron chi connectivity index (χ1n) is 10.9. The number of aliphatic hydroxyl groups is 1. The zero-order chi connectivity index (χ0) is 23.2. The topological polar surface area (TPSA) is 97.9 Å². The third kappa shape index (κ3) is 5.24. The predicted octanol–water partition coefficient (Wildman–Crippen LogP) is 2.08. The fraction of sp³-hybridized carbons (Fsp3) is 0.280. The summed E-state index contributed by atoms with van der Waals surface area (Å²) in [5, 5.41) is 12.9. The van der Waals surface area contributed by atoms with Gasteiger partial charge in [-0.25, -0.2) is 0 Å². The largest absolute Gasteiger partial charge is 0.497 e. The second-order valence-corrected chi connectivity index (χ2v) is 7.89. The van der Waals surface area contributed by atoms with E-state index in [-0.39, 0.29) is 24.1 Å². The van der Waals surface area contributed by atoms with E-state index in [9.17, 15) is 9.59 Å². The number of nitrogens with one attached hydrogen (secondary N) is 2. The molecule has 0 unspecified atom stereocenters. The third-order valence-electron chi connectivity index (χ3n) is 5.81. The number of aromatic nitrogens is 1. The highest BCUT2D eigenvalue weighted by molar-refractivity contribution is 6.06. The number of aliphatic hydroxyl groups excluding tert-OH is 1. The Kier molecular flexibility index (Phi) is 7.07. The SMILES string of the molecule is COc1ccc2[nH]cc(C=C(NC(=O)c3ccccc3)C(=O)N3CCN(CCO)CC3)c2c1. The lowest BCUT2D eigenvalue weighted by Gasteiger charge is -2.34. The van der Waals surface area contributed by atoms with Gasteiger partial charge in [-0.15, -0.1) is 0 Å². The van der Waals surface area contributed by atoms with E-state index in [1.807, 2.05) is 30.5 Å². The molecule has 0 radical (unpaired) electrons. The van der Waals surface area contributed by atoms with Gasteiger partial charge in [0.2, 0.25) is 0 Å². The molecule has 4 rings (SSSR count). The number of benzene rings is 2. The number of ether oxygens (including phenoxy) is 1. The summed E-state index contributed by atoms with van der Waals surface area (Å²) >= 11 is 0. The first-order valence-corrected chi connectivity index (χ1v) is 10.9. The van der Waals surface area contributed by atoms with Gasteiger partial charge in [-0.1, -0.05) is 18.2 Å². The van der Waals surface area contributed by atoms with Crippen molar-refractivity contribution in [2.75, 3.05) is 46.4 Å². The van der Waals surface area contributed by atoms with Gasteiger partial charge in [-0.3, -0.25) is 14.5 Å². The molecule has 8 nitrogen and oxygen atoms in total. The average molecular weight is 449 g/mol. The number of piperazine rings is 1. The van der Waals surface area contributed by atoms with Gasteiger partial charge in [-0.05, 0) is 36.4 Å². The number of hydrogen-bond acceptors (Lipinski definition) is 5. The maximum atomic E-state index is 13.5. The van der Waals surface area contributed by atoms with Crippen LogP contribution in [0.5, 0.6) is 5.75 Å². The zero-order valence-corrected chi connectivity index (χ0v) is 18.6. The number of nitrogens with zero attached hydrogens (tertiary/aromatic N) is 2. The summed E-state index contributed by atoms with van der Waals surface area (Å²) in [6.07, 6.45) is 3.52. The molecule has 8 heteroatoms. The van der Waals surface area contributed by atoms with Gasteiger partial charge in [0.05, 0.1) is 13.7 Å². The monoisotopic (exact) mass is 448 g/mol. The van der Waals surface area contributed by atoms with E-state index in [4.69, 9.17) is 9.84 Å². The molecule has 0 atom stereocenters. The van der Waals surface area contributed by atoms with Crippen LogP contribution in [0.1, 0.15) is 15.9 Å². The van der Waals surface area contributed by atoms with E-state index in [0.29, 0.717) is 44.0 Å². The second kappa shape index (κ2) is 10.3. The number of carbonyl (C=O) groups excluding carboxylic acids is 2. The molecule has 0 spiro atoms. The normalized spacial score (nSPS) is 15.0. The van der Waals surface area contributed by atoms with Crippen LogP contribution in [-0.4, -0.2) is 78.1 Å². The van der Waals surface area contributed by atoms with Crippen molar-refractivity contribution in [1.82, 2.24) is 20.1 Å². The Labute approximate surface area is 192 Å². The van der Waals surface area contributed by atoms with Crippen molar-refractivity contribution in [2.45, 2.75) is 0 Å². The molecule has 1 fully saturated rings. The number of aromatic amines is 1. The van der Waals surface area contributed by atoms with E-state index in [2.05, 4.69) is 15.2 Å². The molecule has 1 aromatic heterocycles. The quantitative estimate of drug-likeness (QED) is 0.481. The van der Waals surface area contributed by atoms with Crippen molar-refractivity contribution >= 4 is 28.8 Å². The van der Waals surface area contributed by atoms with Gasteiger partial charge in [0, 0.05) is 61.0 Å². The molecule has 1 aliphatic rings. The lowest BCUT2D eigenvalue weighted by molar-refractivity contribution is -0.129. The van der Waals surface area contributed by atoms with Crippen molar-refractivity contribution in [3.63, 3.8) is 0 Å². The van der Waals surface area contributed by atoms with Gasteiger partial charge in [-0.2, -0.15) is 0 Å². The van der Waals surface area contributed by atoms with E-state index >= 15 is 0 Å². The van der Waals surface area contributed by atoms with E-state index in [1.54, 1.807) is 42.4 Å². The fourth-order valence-corrected chi connectivity index (χ4v) is 3.94. The van der Waals surface area contributed by atoms with Crippen molar-refractivity contribution in [2.24, 2.45) is 0 Å².